The Morgan fingerprint density at radius 2 is 1.84 bits per heavy atom. The molecule has 0 fully saturated rings. The lowest BCUT2D eigenvalue weighted by Gasteiger charge is -2.10. The Morgan fingerprint density at radius 1 is 1.11 bits per heavy atom. The van der Waals surface area contributed by atoms with Crippen molar-refractivity contribution in [1.29, 1.82) is 0 Å². The number of aromatic carboxylic acids is 1. The van der Waals surface area contributed by atoms with Crippen molar-refractivity contribution in [2.45, 2.75) is 0 Å². The topological polar surface area (TPSA) is 46.5 Å². The zero-order valence-electron chi connectivity index (χ0n) is 9.98. The number of hydrogen-bond donors (Lipinski definition) is 1. The molecule has 0 spiro atoms. The van der Waals surface area contributed by atoms with Crippen molar-refractivity contribution >= 4 is 5.97 Å². The Labute approximate surface area is 108 Å². The monoisotopic (exact) mass is 264 g/mol. The van der Waals surface area contributed by atoms with Gasteiger partial charge in [0.25, 0.3) is 0 Å². The summed E-state index contributed by atoms with van der Waals surface area (Å²) in [7, 11) is 1.37. The summed E-state index contributed by atoms with van der Waals surface area (Å²) in [5, 5.41) is 8.94. The number of halogens is 2. The minimum Gasteiger partial charge on any atom is -0.496 e. The second-order valence-corrected chi connectivity index (χ2v) is 3.84. The maximum absolute atomic E-state index is 13.7. The van der Waals surface area contributed by atoms with Gasteiger partial charge < -0.3 is 9.84 Å². The van der Waals surface area contributed by atoms with Crippen molar-refractivity contribution in [3.8, 4) is 16.9 Å². The largest absolute Gasteiger partial charge is 0.496 e. The highest BCUT2D eigenvalue weighted by molar-refractivity contribution is 5.90. The molecule has 2 aromatic rings. The third-order valence-corrected chi connectivity index (χ3v) is 2.67. The maximum atomic E-state index is 13.7. The Balaban J connectivity index is 2.68. The summed E-state index contributed by atoms with van der Waals surface area (Å²) >= 11 is 0. The fraction of sp³-hybridized carbons (Fsp3) is 0.0714. The second-order valence-electron chi connectivity index (χ2n) is 3.84. The van der Waals surface area contributed by atoms with Crippen LogP contribution in [0.1, 0.15) is 10.4 Å². The fourth-order valence-corrected chi connectivity index (χ4v) is 1.76. The highest BCUT2D eigenvalue weighted by atomic mass is 19.1. The molecule has 19 heavy (non-hydrogen) atoms. The van der Waals surface area contributed by atoms with Gasteiger partial charge in [-0.1, -0.05) is 0 Å². The van der Waals surface area contributed by atoms with Crippen LogP contribution in [0.2, 0.25) is 0 Å². The molecule has 0 radical (unpaired) electrons. The molecule has 0 atom stereocenters. The molecule has 0 aromatic heterocycles. The first-order chi connectivity index (χ1) is 9.02. The molecule has 5 heteroatoms. The van der Waals surface area contributed by atoms with Gasteiger partial charge in [0.05, 0.1) is 12.7 Å². The van der Waals surface area contributed by atoms with Crippen LogP contribution in [-0.4, -0.2) is 18.2 Å². The molecular weight excluding hydrogens is 254 g/mol. The van der Waals surface area contributed by atoms with E-state index >= 15 is 0 Å². The van der Waals surface area contributed by atoms with Gasteiger partial charge in [0.1, 0.15) is 17.4 Å². The lowest BCUT2D eigenvalue weighted by molar-refractivity contribution is 0.0697. The molecule has 0 unspecified atom stereocenters. The Hall–Kier alpha value is -2.43. The van der Waals surface area contributed by atoms with E-state index in [9.17, 15) is 13.6 Å². The molecule has 0 aliphatic rings. The van der Waals surface area contributed by atoms with Crippen molar-refractivity contribution in [2.24, 2.45) is 0 Å². The molecule has 0 amide bonds. The van der Waals surface area contributed by atoms with Gasteiger partial charge in [0.15, 0.2) is 0 Å². The highest BCUT2D eigenvalue weighted by Gasteiger charge is 2.14. The van der Waals surface area contributed by atoms with Gasteiger partial charge in [-0.15, -0.1) is 0 Å². The fourth-order valence-electron chi connectivity index (χ4n) is 1.76. The normalized spacial score (nSPS) is 10.3. The van der Waals surface area contributed by atoms with Crippen LogP contribution in [0, 0.1) is 11.6 Å². The quantitative estimate of drug-likeness (QED) is 0.924. The van der Waals surface area contributed by atoms with Gasteiger partial charge in [-0.2, -0.15) is 0 Å². The summed E-state index contributed by atoms with van der Waals surface area (Å²) < 4.78 is 32.0. The average molecular weight is 264 g/mol. The van der Waals surface area contributed by atoms with Gasteiger partial charge in [0, 0.05) is 11.1 Å². The zero-order chi connectivity index (χ0) is 14.0. The number of ether oxygens (including phenoxy) is 1. The number of carboxylic acids is 1. The first-order valence-corrected chi connectivity index (χ1v) is 5.39. The van der Waals surface area contributed by atoms with E-state index in [1.165, 1.54) is 25.3 Å². The van der Waals surface area contributed by atoms with Crippen LogP contribution >= 0.6 is 0 Å². The standard InChI is InChI=1S/C14H10F2O3/c1-19-13-5-2-8(14(17)18)6-11(13)10-7-9(15)3-4-12(10)16/h2-7H,1H3,(H,17,18). The minimum atomic E-state index is -1.15. The average Bonchev–Trinajstić information content (AvgIpc) is 2.40. The van der Waals surface area contributed by atoms with E-state index in [-0.39, 0.29) is 22.4 Å². The van der Waals surface area contributed by atoms with Crippen molar-refractivity contribution < 1.29 is 23.4 Å². The van der Waals surface area contributed by atoms with Crippen LogP contribution < -0.4 is 4.74 Å². The van der Waals surface area contributed by atoms with Crippen molar-refractivity contribution in [3.05, 3.63) is 53.6 Å². The van der Waals surface area contributed by atoms with Crippen LogP contribution in [0.15, 0.2) is 36.4 Å². The van der Waals surface area contributed by atoms with Gasteiger partial charge >= 0.3 is 5.97 Å². The molecule has 2 rings (SSSR count). The smallest absolute Gasteiger partial charge is 0.335 e. The number of hydrogen-bond acceptors (Lipinski definition) is 2. The highest BCUT2D eigenvalue weighted by Crippen LogP contribution is 2.33. The van der Waals surface area contributed by atoms with Gasteiger partial charge in [-0.05, 0) is 36.4 Å². The first kappa shape index (κ1) is 13.0. The van der Waals surface area contributed by atoms with Gasteiger partial charge in [0.2, 0.25) is 0 Å². The van der Waals surface area contributed by atoms with Crippen LogP contribution in [0.5, 0.6) is 5.75 Å². The third kappa shape index (κ3) is 2.54. The molecule has 98 valence electrons. The molecule has 0 heterocycles. The summed E-state index contributed by atoms with van der Waals surface area (Å²) in [6, 6.07) is 6.97. The van der Waals surface area contributed by atoms with Gasteiger partial charge in [-0.25, -0.2) is 13.6 Å². The van der Waals surface area contributed by atoms with Gasteiger partial charge in [-0.3, -0.25) is 0 Å². The van der Waals surface area contributed by atoms with E-state index in [0.29, 0.717) is 0 Å². The SMILES string of the molecule is COc1ccc(C(=O)O)cc1-c1cc(F)ccc1F. The molecular formula is C14H10F2O3. The minimum absolute atomic E-state index is 0.0283. The molecule has 0 aliphatic heterocycles. The Kier molecular flexibility index (Phi) is 3.46. The van der Waals surface area contributed by atoms with E-state index in [1.54, 1.807) is 0 Å². The number of carbonyl (C=O) groups is 1. The molecule has 0 aliphatic carbocycles. The van der Waals surface area contributed by atoms with Crippen LogP contribution in [0.25, 0.3) is 11.1 Å². The molecule has 3 nitrogen and oxygen atoms in total. The molecule has 0 bridgehead atoms. The summed E-state index contributed by atoms with van der Waals surface area (Å²) in [4.78, 5) is 10.9. The number of methoxy groups -OCH3 is 1. The maximum Gasteiger partial charge on any atom is 0.335 e. The van der Waals surface area contributed by atoms with Crippen LogP contribution in [-0.2, 0) is 0 Å². The first-order valence-electron chi connectivity index (χ1n) is 5.39. The van der Waals surface area contributed by atoms with E-state index in [0.717, 1.165) is 18.2 Å². The van der Waals surface area contributed by atoms with E-state index < -0.39 is 17.6 Å². The number of benzene rings is 2. The summed E-state index contributed by atoms with van der Waals surface area (Å²) in [6.45, 7) is 0. The molecule has 2 aromatic carbocycles. The predicted molar refractivity (Wildman–Crippen MR) is 65.3 cm³/mol. The third-order valence-electron chi connectivity index (χ3n) is 2.67. The second kappa shape index (κ2) is 5.06. The molecule has 1 N–H and O–H groups in total. The van der Waals surface area contributed by atoms with E-state index in [2.05, 4.69) is 0 Å². The van der Waals surface area contributed by atoms with Crippen LogP contribution in [0.3, 0.4) is 0 Å². The zero-order valence-corrected chi connectivity index (χ0v) is 9.98. The number of carboxylic acid groups (broad SMARTS) is 1. The predicted octanol–water partition coefficient (Wildman–Crippen LogP) is 3.34. The Bertz CT molecular complexity index is 639. The molecule has 0 saturated heterocycles. The lowest BCUT2D eigenvalue weighted by atomic mass is 10.0. The van der Waals surface area contributed by atoms with E-state index in [4.69, 9.17) is 9.84 Å². The summed E-state index contributed by atoms with van der Waals surface area (Å²) in [5.74, 6) is -2.14. The number of rotatable bonds is 3. The van der Waals surface area contributed by atoms with Crippen molar-refractivity contribution in [3.63, 3.8) is 0 Å². The van der Waals surface area contributed by atoms with E-state index in [1.807, 2.05) is 0 Å². The summed E-state index contributed by atoms with van der Waals surface area (Å²) in [5.41, 5.74) is 0.124. The summed E-state index contributed by atoms with van der Waals surface area (Å²) in [6.07, 6.45) is 0. The van der Waals surface area contributed by atoms with Crippen molar-refractivity contribution in [2.75, 3.05) is 7.11 Å². The van der Waals surface area contributed by atoms with Crippen LogP contribution in [0.4, 0.5) is 8.78 Å². The molecule has 0 saturated carbocycles. The Morgan fingerprint density at radius 3 is 2.47 bits per heavy atom. The lowest BCUT2D eigenvalue weighted by Crippen LogP contribution is -1.99. The van der Waals surface area contributed by atoms with Crippen molar-refractivity contribution in [1.82, 2.24) is 0 Å².